The van der Waals surface area contributed by atoms with Gasteiger partial charge in [0.25, 0.3) is 5.91 Å². The number of amides is 1. The molecule has 2 aromatic rings. The van der Waals surface area contributed by atoms with E-state index in [9.17, 15) is 4.79 Å². The summed E-state index contributed by atoms with van der Waals surface area (Å²) in [6.45, 7) is 3.56. The summed E-state index contributed by atoms with van der Waals surface area (Å²) in [6, 6.07) is 12.2. The molecule has 2 heteroatoms. The van der Waals surface area contributed by atoms with E-state index in [4.69, 9.17) is 0 Å². The number of hydrogen-bond acceptors (Lipinski definition) is 1. The second-order valence-electron chi connectivity index (χ2n) is 4.13. The minimum absolute atomic E-state index is 0.170. The lowest BCUT2D eigenvalue weighted by Gasteiger charge is -2.11. The molecule has 1 heterocycles. The Morgan fingerprint density at radius 2 is 2.00 bits per heavy atom. The van der Waals surface area contributed by atoms with Crippen molar-refractivity contribution >= 4 is 16.7 Å². The summed E-state index contributed by atoms with van der Waals surface area (Å²) < 4.78 is 0. The lowest BCUT2D eigenvalue weighted by molar-refractivity contribution is 0.0787. The van der Waals surface area contributed by atoms with E-state index in [-0.39, 0.29) is 5.91 Å². The summed E-state index contributed by atoms with van der Waals surface area (Å²) in [7, 11) is 0. The average Bonchev–Trinajstić information content (AvgIpc) is 2.67. The quantitative estimate of drug-likeness (QED) is 0.710. The Labute approximate surface area is 94.5 Å². The van der Waals surface area contributed by atoms with Crippen LogP contribution in [0, 0.1) is 0 Å². The molecule has 0 N–H and O–H groups in total. The summed E-state index contributed by atoms with van der Waals surface area (Å²) in [4.78, 5) is 13.9. The third kappa shape index (κ3) is 1.16. The normalized spacial score (nSPS) is 14.6. The van der Waals surface area contributed by atoms with Crippen LogP contribution in [0.3, 0.4) is 0 Å². The lowest BCUT2D eigenvalue weighted by atomic mass is 10.0. The van der Waals surface area contributed by atoms with Crippen molar-refractivity contribution in [2.75, 3.05) is 6.54 Å². The van der Waals surface area contributed by atoms with E-state index in [1.165, 1.54) is 16.3 Å². The zero-order valence-corrected chi connectivity index (χ0v) is 9.23. The Hall–Kier alpha value is -1.83. The second-order valence-corrected chi connectivity index (χ2v) is 4.13. The fraction of sp³-hybridized carbons (Fsp3) is 0.214. The number of benzene rings is 2. The zero-order valence-electron chi connectivity index (χ0n) is 9.23. The van der Waals surface area contributed by atoms with Crippen LogP contribution in [0.2, 0.25) is 0 Å². The molecule has 0 spiro atoms. The van der Waals surface area contributed by atoms with Gasteiger partial charge in [-0.1, -0.05) is 30.3 Å². The number of hydrogen-bond donors (Lipinski definition) is 0. The Morgan fingerprint density at radius 3 is 2.81 bits per heavy atom. The van der Waals surface area contributed by atoms with Gasteiger partial charge in [-0.2, -0.15) is 0 Å². The van der Waals surface area contributed by atoms with Gasteiger partial charge in [-0.05, 0) is 29.3 Å². The first-order valence-corrected chi connectivity index (χ1v) is 5.61. The minimum atomic E-state index is 0.170. The van der Waals surface area contributed by atoms with E-state index >= 15 is 0 Å². The van der Waals surface area contributed by atoms with Crippen LogP contribution in [0.25, 0.3) is 10.8 Å². The molecule has 2 nitrogen and oxygen atoms in total. The fourth-order valence-electron chi connectivity index (χ4n) is 2.40. The van der Waals surface area contributed by atoms with Crippen molar-refractivity contribution in [1.82, 2.24) is 4.90 Å². The van der Waals surface area contributed by atoms with Gasteiger partial charge in [0.15, 0.2) is 0 Å². The topological polar surface area (TPSA) is 20.3 Å². The van der Waals surface area contributed by atoms with Crippen molar-refractivity contribution in [1.29, 1.82) is 0 Å². The van der Waals surface area contributed by atoms with Gasteiger partial charge in [0.05, 0.1) is 0 Å². The number of carbonyl (C=O) groups is 1. The molecule has 0 saturated heterocycles. The van der Waals surface area contributed by atoms with Gasteiger partial charge in [0, 0.05) is 18.7 Å². The number of nitrogens with zero attached hydrogens (tertiary/aromatic N) is 1. The highest BCUT2D eigenvalue weighted by Gasteiger charge is 2.27. The molecule has 1 amide bonds. The van der Waals surface area contributed by atoms with Gasteiger partial charge in [0.2, 0.25) is 0 Å². The second kappa shape index (κ2) is 3.34. The van der Waals surface area contributed by atoms with Crippen LogP contribution in [-0.2, 0) is 6.54 Å². The van der Waals surface area contributed by atoms with Crippen LogP contribution in [-0.4, -0.2) is 17.4 Å². The first-order chi connectivity index (χ1) is 7.81. The molecule has 0 aliphatic carbocycles. The molecule has 1 aliphatic rings. The van der Waals surface area contributed by atoms with Gasteiger partial charge in [0.1, 0.15) is 0 Å². The van der Waals surface area contributed by atoms with Gasteiger partial charge in [-0.3, -0.25) is 4.79 Å². The molecule has 0 aromatic heterocycles. The predicted molar refractivity (Wildman–Crippen MR) is 64.4 cm³/mol. The van der Waals surface area contributed by atoms with Crippen molar-refractivity contribution in [3.05, 3.63) is 47.5 Å². The van der Waals surface area contributed by atoms with Crippen LogP contribution in [0.15, 0.2) is 36.4 Å². The van der Waals surface area contributed by atoms with Crippen LogP contribution in [0.4, 0.5) is 0 Å². The predicted octanol–water partition coefficient (Wildman–Crippen LogP) is 2.82. The average molecular weight is 211 g/mol. The van der Waals surface area contributed by atoms with E-state index in [1.54, 1.807) is 0 Å². The standard InChI is InChI=1S/C14H13NO/c1-2-15-9-13-11-6-4-3-5-10(11)7-8-12(13)14(15)16/h3-8H,2,9H2,1H3. The van der Waals surface area contributed by atoms with Gasteiger partial charge in [-0.25, -0.2) is 0 Å². The van der Waals surface area contributed by atoms with Crippen molar-refractivity contribution in [2.45, 2.75) is 13.5 Å². The van der Waals surface area contributed by atoms with Crippen molar-refractivity contribution in [3.63, 3.8) is 0 Å². The minimum Gasteiger partial charge on any atom is -0.335 e. The third-order valence-electron chi connectivity index (χ3n) is 3.29. The maximum atomic E-state index is 12.0. The monoisotopic (exact) mass is 211 g/mol. The summed E-state index contributed by atoms with van der Waals surface area (Å²) in [5, 5.41) is 2.43. The molecular weight excluding hydrogens is 198 g/mol. The van der Waals surface area contributed by atoms with Crippen LogP contribution < -0.4 is 0 Å². The van der Waals surface area contributed by atoms with E-state index in [2.05, 4.69) is 12.1 Å². The molecule has 0 bridgehead atoms. The maximum Gasteiger partial charge on any atom is 0.254 e. The number of carbonyl (C=O) groups excluding carboxylic acids is 1. The number of rotatable bonds is 1. The van der Waals surface area contributed by atoms with Crippen molar-refractivity contribution in [2.24, 2.45) is 0 Å². The molecule has 0 radical (unpaired) electrons. The largest absolute Gasteiger partial charge is 0.335 e. The Balaban J connectivity index is 2.27. The maximum absolute atomic E-state index is 12.0. The lowest BCUT2D eigenvalue weighted by Crippen LogP contribution is -2.22. The van der Waals surface area contributed by atoms with E-state index in [0.29, 0.717) is 0 Å². The molecule has 0 saturated carbocycles. The number of fused-ring (bicyclic) bond motifs is 3. The Bertz CT molecular complexity index is 574. The first kappa shape index (κ1) is 9.40. The fourth-order valence-corrected chi connectivity index (χ4v) is 2.40. The molecule has 0 atom stereocenters. The molecule has 0 unspecified atom stereocenters. The highest BCUT2D eigenvalue weighted by atomic mass is 16.2. The smallest absolute Gasteiger partial charge is 0.254 e. The van der Waals surface area contributed by atoms with E-state index in [0.717, 1.165) is 18.7 Å². The van der Waals surface area contributed by atoms with E-state index < -0.39 is 0 Å². The van der Waals surface area contributed by atoms with Crippen LogP contribution in [0.1, 0.15) is 22.8 Å². The van der Waals surface area contributed by atoms with Crippen LogP contribution >= 0.6 is 0 Å². The molecule has 0 fully saturated rings. The SMILES string of the molecule is CCN1Cc2c(ccc3ccccc23)C1=O. The molecular formula is C14H13NO. The first-order valence-electron chi connectivity index (χ1n) is 5.61. The molecule has 2 aromatic carbocycles. The molecule has 80 valence electrons. The van der Waals surface area contributed by atoms with Gasteiger partial charge < -0.3 is 4.90 Å². The summed E-state index contributed by atoms with van der Waals surface area (Å²) in [6.07, 6.45) is 0. The van der Waals surface area contributed by atoms with Gasteiger partial charge >= 0.3 is 0 Å². The highest BCUT2D eigenvalue weighted by Crippen LogP contribution is 2.29. The Kier molecular flexibility index (Phi) is 1.96. The van der Waals surface area contributed by atoms with E-state index in [1.807, 2.05) is 36.1 Å². The highest BCUT2D eigenvalue weighted by molar-refractivity contribution is 6.04. The van der Waals surface area contributed by atoms with Crippen molar-refractivity contribution in [3.8, 4) is 0 Å². The van der Waals surface area contributed by atoms with Gasteiger partial charge in [-0.15, -0.1) is 0 Å². The molecule has 1 aliphatic heterocycles. The zero-order chi connectivity index (χ0) is 11.1. The summed E-state index contributed by atoms with van der Waals surface area (Å²) in [5.41, 5.74) is 2.06. The third-order valence-corrected chi connectivity index (χ3v) is 3.29. The van der Waals surface area contributed by atoms with Crippen molar-refractivity contribution < 1.29 is 4.79 Å². The molecule has 3 rings (SSSR count). The Morgan fingerprint density at radius 1 is 1.19 bits per heavy atom. The molecule has 16 heavy (non-hydrogen) atoms. The summed E-state index contributed by atoms with van der Waals surface area (Å²) in [5.74, 6) is 0.170. The van der Waals surface area contributed by atoms with Crippen LogP contribution in [0.5, 0.6) is 0 Å². The summed E-state index contributed by atoms with van der Waals surface area (Å²) >= 11 is 0.